The number of benzene rings is 2. The summed E-state index contributed by atoms with van der Waals surface area (Å²) >= 11 is 0. The first-order valence-corrected chi connectivity index (χ1v) is 9.54. The number of aromatic hydroxyl groups is 1. The number of phenols is 1. The van der Waals surface area contributed by atoms with Gasteiger partial charge in [0.2, 0.25) is 5.91 Å². The van der Waals surface area contributed by atoms with Crippen LogP contribution in [0.25, 0.3) is 0 Å². The van der Waals surface area contributed by atoms with Gasteiger partial charge in [-0.1, -0.05) is 56.3 Å². The van der Waals surface area contributed by atoms with Crippen LogP contribution in [0.5, 0.6) is 5.75 Å². The lowest BCUT2D eigenvalue weighted by atomic mass is 10.0. The van der Waals surface area contributed by atoms with Crippen LogP contribution in [0.4, 0.5) is 4.79 Å². The molecule has 2 rings (SSSR count). The summed E-state index contributed by atoms with van der Waals surface area (Å²) in [5.41, 5.74) is 1.44. The van der Waals surface area contributed by atoms with Gasteiger partial charge in [-0.2, -0.15) is 0 Å². The summed E-state index contributed by atoms with van der Waals surface area (Å²) < 4.78 is 5.15. The molecule has 0 unspecified atom stereocenters. The van der Waals surface area contributed by atoms with Crippen molar-refractivity contribution in [2.75, 3.05) is 0 Å². The summed E-state index contributed by atoms with van der Waals surface area (Å²) in [6, 6.07) is 13.0. The maximum absolute atomic E-state index is 12.7. The van der Waals surface area contributed by atoms with E-state index in [-0.39, 0.29) is 30.2 Å². The van der Waals surface area contributed by atoms with Crippen LogP contribution in [0.3, 0.4) is 0 Å². The zero-order valence-electron chi connectivity index (χ0n) is 17.4. The standard InChI is InChI=1S/C22H26N2O6.H2O/c1-14(2)19(24-22(29)30-13-16-6-4-3-5-7-16)20(26)23-18(21(27)28)12-15-8-10-17(25)11-9-15;/h3-11,14,18-19,25H,12-13H2,1-2H3,(H,23,26)(H,24,29)(H,27,28);1H2/t18-,19-;/m0./s1. The fraction of sp³-hybridized carbons (Fsp3) is 0.318. The van der Waals surface area contributed by atoms with Gasteiger partial charge in [-0.05, 0) is 29.2 Å². The number of hydrogen-bond acceptors (Lipinski definition) is 5. The van der Waals surface area contributed by atoms with Crippen molar-refractivity contribution in [2.45, 2.75) is 39.0 Å². The topological polar surface area (TPSA) is 156 Å². The number of carboxylic acids is 1. The van der Waals surface area contributed by atoms with E-state index in [1.54, 1.807) is 38.1 Å². The SMILES string of the molecule is CC(C)[C@H](NC(=O)OCc1ccccc1)C(=O)N[C@@H](Cc1ccc(O)cc1)C(=O)O.O. The number of carbonyl (C=O) groups is 3. The van der Waals surface area contributed by atoms with E-state index in [2.05, 4.69) is 10.6 Å². The second-order valence-electron chi connectivity index (χ2n) is 7.20. The summed E-state index contributed by atoms with van der Waals surface area (Å²) in [7, 11) is 0. The van der Waals surface area contributed by atoms with Crippen LogP contribution in [0, 0.1) is 5.92 Å². The minimum absolute atomic E-state index is 0. The fourth-order valence-electron chi connectivity index (χ4n) is 2.76. The van der Waals surface area contributed by atoms with Crippen molar-refractivity contribution in [1.29, 1.82) is 0 Å². The number of amides is 2. The molecular weight excluding hydrogens is 404 g/mol. The molecule has 31 heavy (non-hydrogen) atoms. The predicted octanol–water partition coefficient (Wildman–Crippen LogP) is 1.63. The first kappa shape index (κ1) is 25.4. The molecule has 9 nitrogen and oxygen atoms in total. The van der Waals surface area contributed by atoms with Gasteiger partial charge in [0.05, 0.1) is 0 Å². The minimum atomic E-state index is -1.20. The molecular formula is C22H28N2O7. The smallest absolute Gasteiger partial charge is 0.408 e. The maximum atomic E-state index is 12.7. The van der Waals surface area contributed by atoms with E-state index in [1.165, 1.54) is 12.1 Å². The molecule has 0 radical (unpaired) electrons. The number of nitrogens with one attached hydrogen (secondary N) is 2. The Morgan fingerprint density at radius 1 is 0.935 bits per heavy atom. The zero-order valence-corrected chi connectivity index (χ0v) is 17.4. The predicted molar refractivity (Wildman–Crippen MR) is 113 cm³/mol. The third-order valence-electron chi connectivity index (χ3n) is 4.43. The van der Waals surface area contributed by atoms with Gasteiger partial charge in [0.15, 0.2) is 0 Å². The third kappa shape index (κ3) is 8.35. The molecule has 0 heterocycles. The molecule has 2 amide bonds. The van der Waals surface area contributed by atoms with E-state index < -0.39 is 30.1 Å². The number of phenolic OH excluding ortho intramolecular Hbond substituents is 1. The first-order chi connectivity index (χ1) is 14.3. The monoisotopic (exact) mass is 432 g/mol. The number of carbonyl (C=O) groups excluding carboxylic acids is 2. The molecule has 0 aliphatic rings. The van der Waals surface area contributed by atoms with E-state index in [1.807, 2.05) is 18.2 Å². The number of rotatable bonds is 9. The van der Waals surface area contributed by atoms with E-state index in [9.17, 15) is 24.6 Å². The molecule has 2 aromatic carbocycles. The minimum Gasteiger partial charge on any atom is -0.508 e. The van der Waals surface area contributed by atoms with Gasteiger partial charge < -0.3 is 31.1 Å². The molecule has 168 valence electrons. The van der Waals surface area contributed by atoms with Gasteiger partial charge >= 0.3 is 12.1 Å². The van der Waals surface area contributed by atoms with Crippen LogP contribution >= 0.6 is 0 Å². The summed E-state index contributed by atoms with van der Waals surface area (Å²) in [6.07, 6.45) is -0.733. The van der Waals surface area contributed by atoms with E-state index >= 15 is 0 Å². The van der Waals surface area contributed by atoms with E-state index in [4.69, 9.17) is 4.74 Å². The van der Waals surface area contributed by atoms with Crippen LogP contribution in [-0.4, -0.2) is 45.7 Å². The number of ether oxygens (including phenoxy) is 1. The number of carboxylic acid groups (broad SMARTS) is 1. The molecule has 0 aliphatic heterocycles. The number of alkyl carbamates (subject to hydrolysis) is 1. The quantitative estimate of drug-likeness (QED) is 0.472. The Balaban J connectivity index is 0.00000480. The second kappa shape index (κ2) is 12.2. The van der Waals surface area contributed by atoms with Gasteiger partial charge in [0.25, 0.3) is 0 Å². The van der Waals surface area contributed by atoms with Crippen molar-refractivity contribution in [3.8, 4) is 5.75 Å². The lowest BCUT2D eigenvalue weighted by molar-refractivity contribution is -0.142. The second-order valence-corrected chi connectivity index (χ2v) is 7.20. The van der Waals surface area contributed by atoms with Crippen LogP contribution in [-0.2, 0) is 27.4 Å². The van der Waals surface area contributed by atoms with Crippen molar-refractivity contribution < 1.29 is 34.8 Å². The van der Waals surface area contributed by atoms with Gasteiger partial charge in [0.1, 0.15) is 24.4 Å². The molecule has 0 saturated carbocycles. The molecule has 9 heteroatoms. The van der Waals surface area contributed by atoms with Gasteiger partial charge in [-0.3, -0.25) is 4.79 Å². The molecule has 0 spiro atoms. The Hall–Kier alpha value is -3.59. The largest absolute Gasteiger partial charge is 0.508 e. The average molecular weight is 432 g/mol. The van der Waals surface area contributed by atoms with Crippen molar-refractivity contribution in [3.05, 3.63) is 65.7 Å². The van der Waals surface area contributed by atoms with E-state index in [0.717, 1.165) is 5.56 Å². The Labute approximate surface area is 180 Å². The lowest BCUT2D eigenvalue weighted by Crippen LogP contribution is -2.54. The number of hydrogen-bond donors (Lipinski definition) is 4. The van der Waals surface area contributed by atoms with Crippen LogP contribution in [0.15, 0.2) is 54.6 Å². The van der Waals surface area contributed by atoms with E-state index in [0.29, 0.717) is 5.56 Å². The van der Waals surface area contributed by atoms with Gasteiger partial charge in [-0.25, -0.2) is 9.59 Å². The lowest BCUT2D eigenvalue weighted by Gasteiger charge is -2.24. The summed E-state index contributed by atoms with van der Waals surface area (Å²) in [5.74, 6) is -2.05. The van der Waals surface area contributed by atoms with Crippen LogP contribution < -0.4 is 10.6 Å². The zero-order chi connectivity index (χ0) is 22.1. The molecule has 0 saturated heterocycles. The fourth-order valence-corrected chi connectivity index (χ4v) is 2.76. The summed E-state index contributed by atoms with van der Waals surface area (Å²) in [5, 5.41) is 23.8. The van der Waals surface area contributed by atoms with Crippen LogP contribution in [0.2, 0.25) is 0 Å². The molecule has 6 N–H and O–H groups in total. The van der Waals surface area contributed by atoms with Gasteiger partial charge in [-0.15, -0.1) is 0 Å². The highest BCUT2D eigenvalue weighted by atomic mass is 16.5. The highest BCUT2D eigenvalue weighted by molar-refractivity contribution is 5.89. The highest BCUT2D eigenvalue weighted by Gasteiger charge is 2.29. The Kier molecular flexibility index (Phi) is 10.0. The van der Waals surface area contributed by atoms with Crippen molar-refractivity contribution in [2.24, 2.45) is 5.92 Å². The Bertz CT molecular complexity index is 854. The van der Waals surface area contributed by atoms with Crippen molar-refractivity contribution in [1.82, 2.24) is 10.6 Å². The van der Waals surface area contributed by atoms with Crippen molar-refractivity contribution in [3.63, 3.8) is 0 Å². The normalized spacial score (nSPS) is 12.2. The molecule has 2 aromatic rings. The summed E-state index contributed by atoms with van der Waals surface area (Å²) in [6.45, 7) is 3.52. The molecule has 2 atom stereocenters. The molecule has 0 aliphatic carbocycles. The Morgan fingerprint density at radius 2 is 1.55 bits per heavy atom. The number of aliphatic carboxylic acids is 1. The summed E-state index contributed by atoms with van der Waals surface area (Å²) in [4.78, 5) is 36.4. The maximum Gasteiger partial charge on any atom is 0.408 e. The van der Waals surface area contributed by atoms with Gasteiger partial charge in [0, 0.05) is 6.42 Å². The molecule has 0 bridgehead atoms. The average Bonchev–Trinajstić information content (AvgIpc) is 2.71. The molecule has 0 aromatic heterocycles. The third-order valence-corrected chi connectivity index (χ3v) is 4.43. The highest BCUT2D eigenvalue weighted by Crippen LogP contribution is 2.12. The van der Waals surface area contributed by atoms with Crippen LogP contribution in [0.1, 0.15) is 25.0 Å². The molecule has 0 fully saturated rings. The van der Waals surface area contributed by atoms with Crippen molar-refractivity contribution >= 4 is 18.0 Å². The first-order valence-electron chi connectivity index (χ1n) is 9.54. The Morgan fingerprint density at radius 3 is 2.10 bits per heavy atom.